The Kier molecular flexibility index (Phi) is 4.64. The van der Waals surface area contributed by atoms with Crippen molar-refractivity contribution in [2.45, 2.75) is 24.8 Å². The number of hydrogen-bond acceptors (Lipinski definition) is 4. The van der Waals surface area contributed by atoms with E-state index in [-0.39, 0.29) is 16.4 Å². The van der Waals surface area contributed by atoms with Gasteiger partial charge < -0.3 is 5.73 Å². The smallest absolute Gasteiger partial charge is 0.242 e. The molecule has 0 aliphatic heterocycles. The van der Waals surface area contributed by atoms with Crippen molar-refractivity contribution in [3.8, 4) is 6.07 Å². The molecule has 0 fully saturated rings. The molecule has 0 bridgehead atoms. The molecule has 0 radical (unpaired) electrons. The molecule has 1 amide bonds. The summed E-state index contributed by atoms with van der Waals surface area (Å²) in [6.07, 6.45) is 0. The first kappa shape index (κ1) is 15.1. The van der Waals surface area contributed by atoms with Gasteiger partial charge in [-0.25, -0.2) is 8.42 Å². The molecule has 0 spiro atoms. The van der Waals surface area contributed by atoms with Gasteiger partial charge in [0.15, 0.2) is 0 Å². The van der Waals surface area contributed by atoms with Crippen molar-refractivity contribution in [2.24, 2.45) is 11.7 Å². The molecule has 3 N–H and O–H groups in total. The van der Waals surface area contributed by atoms with Crippen molar-refractivity contribution in [1.29, 1.82) is 5.26 Å². The highest BCUT2D eigenvalue weighted by atomic mass is 32.2. The highest BCUT2D eigenvalue weighted by molar-refractivity contribution is 7.89. The highest BCUT2D eigenvalue weighted by Gasteiger charge is 2.27. The molecule has 0 aliphatic rings. The lowest BCUT2D eigenvalue weighted by Crippen LogP contribution is -2.47. The molecule has 0 aromatic heterocycles. The van der Waals surface area contributed by atoms with E-state index in [1.54, 1.807) is 26.0 Å². The summed E-state index contributed by atoms with van der Waals surface area (Å²) in [5.41, 5.74) is 5.18. The standard InChI is InChI=1S/C12H15N3O3S/c1-8(2)11(12(14)16)15-19(17,18)10-6-4-3-5-9(10)7-13/h3-6,8,11,15H,1-2H3,(H2,14,16). The molecule has 19 heavy (non-hydrogen) atoms. The number of carbonyl (C=O) groups is 1. The minimum Gasteiger partial charge on any atom is -0.368 e. The molecular weight excluding hydrogens is 266 g/mol. The van der Waals surface area contributed by atoms with Crippen LogP contribution in [-0.2, 0) is 14.8 Å². The van der Waals surface area contributed by atoms with Crippen LogP contribution < -0.4 is 10.5 Å². The topological polar surface area (TPSA) is 113 Å². The molecule has 0 aliphatic carbocycles. The number of nitrogens with two attached hydrogens (primary N) is 1. The van der Waals surface area contributed by atoms with Gasteiger partial charge in [-0.05, 0) is 18.1 Å². The second-order valence-corrected chi connectivity index (χ2v) is 6.04. The summed E-state index contributed by atoms with van der Waals surface area (Å²) in [6, 6.07) is 6.54. The van der Waals surface area contributed by atoms with Crippen LogP contribution in [0.2, 0.25) is 0 Å². The molecule has 102 valence electrons. The Morgan fingerprint density at radius 1 is 1.37 bits per heavy atom. The molecule has 0 saturated heterocycles. The third kappa shape index (κ3) is 3.53. The molecular formula is C12H15N3O3S. The monoisotopic (exact) mass is 281 g/mol. The maximum absolute atomic E-state index is 12.2. The largest absolute Gasteiger partial charge is 0.368 e. The summed E-state index contributed by atoms with van der Waals surface area (Å²) >= 11 is 0. The van der Waals surface area contributed by atoms with E-state index in [1.807, 2.05) is 0 Å². The first-order chi connectivity index (χ1) is 8.79. The predicted molar refractivity (Wildman–Crippen MR) is 69.3 cm³/mol. The van der Waals surface area contributed by atoms with Crippen LogP contribution in [0.5, 0.6) is 0 Å². The summed E-state index contributed by atoms with van der Waals surface area (Å²) in [5, 5.41) is 8.90. The number of nitriles is 1. The van der Waals surface area contributed by atoms with Crippen LogP contribution >= 0.6 is 0 Å². The quantitative estimate of drug-likeness (QED) is 0.810. The van der Waals surface area contributed by atoms with Crippen LogP contribution in [0.15, 0.2) is 29.2 Å². The maximum Gasteiger partial charge on any atom is 0.242 e. The van der Waals surface area contributed by atoms with Crippen LogP contribution in [-0.4, -0.2) is 20.4 Å². The number of sulfonamides is 1. The Hall–Kier alpha value is -1.91. The highest BCUT2D eigenvalue weighted by Crippen LogP contribution is 2.16. The molecule has 1 atom stereocenters. The van der Waals surface area contributed by atoms with Crippen molar-refractivity contribution in [3.05, 3.63) is 29.8 Å². The van der Waals surface area contributed by atoms with Gasteiger partial charge in [-0.2, -0.15) is 9.98 Å². The Morgan fingerprint density at radius 3 is 2.42 bits per heavy atom. The number of rotatable bonds is 5. The van der Waals surface area contributed by atoms with Crippen LogP contribution in [0.25, 0.3) is 0 Å². The Labute approximate surface area is 112 Å². The molecule has 0 saturated carbocycles. The van der Waals surface area contributed by atoms with Crippen molar-refractivity contribution >= 4 is 15.9 Å². The summed E-state index contributed by atoms with van der Waals surface area (Å²) in [5.74, 6) is -1.05. The van der Waals surface area contributed by atoms with Crippen molar-refractivity contribution in [3.63, 3.8) is 0 Å². The predicted octanol–water partition coefficient (Wildman–Crippen LogP) is 0.346. The number of carbonyl (C=O) groups excluding carboxylic acids is 1. The third-order valence-corrected chi connectivity index (χ3v) is 4.05. The first-order valence-corrected chi connectivity index (χ1v) is 7.08. The Morgan fingerprint density at radius 2 is 1.95 bits per heavy atom. The second kappa shape index (κ2) is 5.82. The molecule has 1 aromatic carbocycles. The van der Waals surface area contributed by atoms with Gasteiger partial charge in [0, 0.05) is 0 Å². The molecule has 1 unspecified atom stereocenters. The van der Waals surface area contributed by atoms with E-state index in [1.165, 1.54) is 18.2 Å². The third-order valence-electron chi connectivity index (χ3n) is 2.55. The SMILES string of the molecule is CC(C)C(NS(=O)(=O)c1ccccc1C#N)C(N)=O. The molecule has 7 heteroatoms. The zero-order valence-corrected chi connectivity index (χ0v) is 11.4. The fourth-order valence-electron chi connectivity index (χ4n) is 1.55. The van der Waals surface area contributed by atoms with Crippen molar-refractivity contribution in [2.75, 3.05) is 0 Å². The zero-order valence-electron chi connectivity index (χ0n) is 10.6. The van der Waals surface area contributed by atoms with Gasteiger partial charge >= 0.3 is 0 Å². The number of benzene rings is 1. The molecule has 6 nitrogen and oxygen atoms in total. The van der Waals surface area contributed by atoms with Gasteiger partial charge in [0.2, 0.25) is 15.9 Å². The number of primary amides is 1. The lowest BCUT2D eigenvalue weighted by molar-refractivity contribution is -0.120. The zero-order chi connectivity index (χ0) is 14.6. The van der Waals surface area contributed by atoms with E-state index >= 15 is 0 Å². The van der Waals surface area contributed by atoms with Crippen LogP contribution in [0.3, 0.4) is 0 Å². The summed E-state index contributed by atoms with van der Waals surface area (Å²) in [7, 11) is -3.97. The summed E-state index contributed by atoms with van der Waals surface area (Å²) < 4.78 is 26.6. The fraction of sp³-hybridized carbons (Fsp3) is 0.333. The van der Waals surface area contributed by atoms with Gasteiger partial charge in [0.05, 0.1) is 10.5 Å². The summed E-state index contributed by atoms with van der Waals surface area (Å²) in [6.45, 7) is 3.35. The lowest BCUT2D eigenvalue weighted by Gasteiger charge is -2.19. The average Bonchev–Trinajstić information content (AvgIpc) is 2.35. The minimum absolute atomic E-state index is 0.0157. The molecule has 0 heterocycles. The van der Waals surface area contributed by atoms with Crippen LogP contribution in [0.1, 0.15) is 19.4 Å². The Balaban J connectivity index is 3.19. The molecule has 1 rings (SSSR count). The van der Waals surface area contributed by atoms with E-state index in [4.69, 9.17) is 11.0 Å². The van der Waals surface area contributed by atoms with E-state index < -0.39 is 22.0 Å². The lowest BCUT2D eigenvalue weighted by atomic mass is 10.1. The van der Waals surface area contributed by atoms with E-state index in [9.17, 15) is 13.2 Å². The maximum atomic E-state index is 12.2. The summed E-state index contributed by atoms with van der Waals surface area (Å²) in [4.78, 5) is 11.1. The second-order valence-electron chi connectivity index (χ2n) is 4.35. The van der Waals surface area contributed by atoms with Crippen molar-refractivity contribution < 1.29 is 13.2 Å². The van der Waals surface area contributed by atoms with E-state index in [0.717, 1.165) is 0 Å². The number of nitrogens with zero attached hydrogens (tertiary/aromatic N) is 1. The Bertz CT molecular complexity index is 617. The van der Waals surface area contributed by atoms with E-state index in [0.29, 0.717) is 0 Å². The first-order valence-electron chi connectivity index (χ1n) is 5.60. The van der Waals surface area contributed by atoms with Crippen molar-refractivity contribution in [1.82, 2.24) is 4.72 Å². The van der Waals surface area contributed by atoms with Gasteiger partial charge in [-0.15, -0.1) is 0 Å². The van der Waals surface area contributed by atoms with Gasteiger partial charge in [-0.1, -0.05) is 26.0 Å². The van der Waals surface area contributed by atoms with Gasteiger partial charge in [0.1, 0.15) is 12.1 Å². The van der Waals surface area contributed by atoms with Gasteiger partial charge in [-0.3, -0.25) is 4.79 Å². The number of hydrogen-bond donors (Lipinski definition) is 2. The normalized spacial score (nSPS) is 12.9. The fourth-order valence-corrected chi connectivity index (χ4v) is 3.06. The molecule has 1 aromatic rings. The minimum atomic E-state index is -3.97. The average molecular weight is 281 g/mol. The number of amides is 1. The number of nitrogens with one attached hydrogen (secondary N) is 1. The van der Waals surface area contributed by atoms with Crippen LogP contribution in [0.4, 0.5) is 0 Å². The van der Waals surface area contributed by atoms with Gasteiger partial charge in [0.25, 0.3) is 0 Å². The van der Waals surface area contributed by atoms with E-state index in [2.05, 4.69) is 4.72 Å². The van der Waals surface area contributed by atoms with Crippen LogP contribution in [0, 0.1) is 17.2 Å².